The number of aryl methyl sites for hydroxylation is 1. The zero-order chi connectivity index (χ0) is 31.7. The summed E-state index contributed by atoms with van der Waals surface area (Å²) in [5.74, 6) is -0.860. The van der Waals surface area contributed by atoms with E-state index in [-0.39, 0.29) is 18.0 Å². The first-order valence-corrected chi connectivity index (χ1v) is 15.7. The van der Waals surface area contributed by atoms with Gasteiger partial charge in [0.25, 0.3) is 0 Å². The van der Waals surface area contributed by atoms with Crippen molar-refractivity contribution in [2.75, 3.05) is 19.7 Å². The summed E-state index contributed by atoms with van der Waals surface area (Å²) in [5, 5.41) is 18.9. The Balaban J connectivity index is 1.40. The van der Waals surface area contributed by atoms with E-state index < -0.39 is 11.9 Å². The summed E-state index contributed by atoms with van der Waals surface area (Å²) in [7, 11) is 0. The number of hydrogen-bond acceptors (Lipinski definition) is 4. The Hall–Kier alpha value is -4.68. The lowest BCUT2D eigenvalue weighted by Crippen LogP contribution is -2.31. The molecule has 0 spiro atoms. The van der Waals surface area contributed by atoms with Crippen molar-refractivity contribution >= 4 is 18.0 Å². The first-order valence-electron chi connectivity index (χ1n) is 15.7. The number of para-hydroxylation sites is 1. The van der Waals surface area contributed by atoms with Crippen LogP contribution in [0.4, 0.5) is 0 Å². The molecule has 0 fully saturated rings. The smallest absolute Gasteiger partial charge is 0.335 e. The summed E-state index contributed by atoms with van der Waals surface area (Å²) < 4.78 is 6.20. The van der Waals surface area contributed by atoms with Crippen LogP contribution in [0.25, 0.3) is 6.08 Å². The van der Waals surface area contributed by atoms with Crippen molar-refractivity contribution in [2.45, 2.75) is 45.1 Å². The average molecular weight is 606 g/mol. The Morgan fingerprint density at radius 2 is 1.40 bits per heavy atom. The molecule has 2 N–H and O–H groups in total. The molecule has 1 unspecified atom stereocenters. The highest BCUT2D eigenvalue weighted by Gasteiger charge is 2.15. The van der Waals surface area contributed by atoms with Crippen LogP contribution in [0.15, 0.2) is 115 Å². The van der Waals surface area contributed by atoms with Crippen molar-refractivity contribution in [1.82, 2.24) is 4.90 Å². The molecule has 6 nitrogen and oxygen atoms in total. The van der Waals surface area contributed by atoms with Gasteiger partial charge in [0.05, 0.1) is 18.7 Å². The van der Waals surface area contributed by atoms with E-state index in [4.69, 9.17) is 4.74 Å². The zero-order valence-corrected chi connectivity index (χ0v) is 25.8. The second-order valence-electron chi connectivity index (χ2n) is 11.4. The van der Waals surface area contributed by atoms with Gasteiger partial charge in [-0.15, -0.1) is 0 Å². The lowest BCUT2D eigenvalue weighted by Gasteiger charge is -2.23. The number of carboxylic acids is 2. The van der Waals surface area contributed by atoms with Crippen molar-refractivity contribution in [3.8, 4) is 5.75 Å². The van der Waals surface area contributed by atoms with Gasteiger partial charge >= 0.3 is 11.9 Å². The monoisotopic (exact) mass is 605 g/mol. The van der Waals surface area contributed by atoms with Crippen LogP contribution in [0.5, 0.6) is 5.75 Å². The van der Waals surface area contributed by atoms with Gasteiger partial charge in [-0.3, -0.25) is 9.69 Å². The number of carboxylic acid groups (broad SMARTS) is 2. The van der Waals surface area contributed by atoms with Crippen LogP contribution in [0.1, 0.15) is 58.3 Å². The first kappa shape index (κ1) is 33.2. The Morgan fingerprint density at radius 1 is 0.733 bits per heavy atom. The Kier molecular flexibility index (Phi) is 13.4. The third-order valence-electron chi connectivity index (χ3n) is 7.80. The van der Waals surface area contributed by atoms with Crippen molar-refractivity contribution < 1.29 is 24.5 Å². The molecule has 0 saturated heterocycles. The summed E-state index contributed by atoms with van der Waals surface area (Å²) >= 11 is 0. The number of aliphatic carboxylic acids is 1. The minimum Gasteiger partial charge on any atom is -0.493 e. The van der Waals surface area contributed by atoms with E-state index in [1.165, 1.54) is 5.56 Å². The van der Waals surface area contributed by atoms with Gasteiger partial charge in [-0.25, -0.2) is 4.79 Å². The zero-order valence-electron chi connectivity index (χ0n) is 25.8. The van der Waals surface area contributed by atoms with E-state index in [1.807, 2.05) is 77.7 Å². The lowest BCUT2D eigenvalue weighted by atomic mass is 9.94. The van der Waals surface area contributed by atoms with E-state index in [0.717, 1.165) is 54.5 Å². The summed E-state index contributed by atoms with van der Waals surface area (Å²) in [6.45, 7) is 1.77. The first-order chi connectivity index (χ1) is 22.0. The van der Waals surface area contributed by atoms with Crippen LogP contribution in [-0.4, -0.2) is 46.7 Å². The van der Waals surface area contributed by atoms with Gasteiger partial charge in [-0.05, 0) is 85.9 Å². The van der Waals surface area contributed by atoms with Gasteiger partial charge in [-0.1, -0.05) is 103 Å². The number of carbonyl (C=O) groups is 2. The van der Waals surface area contributed by atoms with Crippen LogP contribution in [-0.2, 0) is 24.2 Å². The maximum atomic E-state index is 11.7. The molecule has 234 valence electrons. The normalized spacial score (nSPS) is 11.9. The Labute approximate surface area is 266 Å². The molecule has 0 saturated carbocycles. The van der Waals surface area contributed by atoms with E-state index in [0.29, 0.717) is 26.1 Å². The highest BCUT2D eigenvalue weighted by atomic mass is 16.5. The standard InChI is InChI=1S/C39H43NO5/c41-38(42)30-40(29-34-15-6-2-7-16-34)26-25-33(28-32-20-23-36(24-21-32)39(43)44)19-22-35-17-9-10-18-37(35)45-27-11-3-8-14-31-12-4-1-5-13-31/h1-2,4-7,9-10,12-13,15-24,33H,3,8,11,14,25-30H2,(H,41,42)(H,43,44)/b22-19+. The minimum absolute atomic E-state index is 0.0410. The molecule has 0 aliphatic carbocycles. The second kappa shape index (κ2) is 18.2. The van der Waals surface area contributed by atoms with E-state index in [1.54, 1.807) is 12.1 Å². The summed E-state index contributed by atoms with van der Waals surface area (Å²) in [6, 6.07) is 35.5. The van der Waals surface area contributed by atoms with Crippen LogP contribution >= 0.6 is 0 Å². The van der Waals surface area contributed by atoms with Crippen molar-refractivity contribution in [2.24, 2.45) is 5.92 Å². The number of benzene rings is 4. The van der Waals surface area contributed by atoms with Crippen LogP contribution in [0.2, 0.25) is 0 Å². The van der Waals surface area contributed by atoms with Gasteiger partial charge in [0.1, 0.15) is 5.75 Å². The number of allylic oxidation sites excluding steroid dienone is 1. The molecule has 1 atom stereocenters. The molecule has 0 amide bonds. The molecule has 0 aromatic heterocycles. The molecule has 0 aliphatic heterocycles. The molecule has 4 aromatic carbocycles. The fraction of sp³-hybridized carbons (Fsp3) is 0.282. The molecular weight excluding hydrogens is 562 g/mol. The number of unbranched alkanes of at least 4 members (excludes halogenated alkanes) is 2. The fourth-order valence-electron chi connectivity index (χ4n) is 5.37. The van der Waals surface area contributed by atoms with Crippen LogP contribution in [0.3, 0.4) is 0 Å². The Morgan fingerprint density at radius 3 is 2.09 bits per heavy atom. The van der Waals surface area contributed by atoms with Crippen molar-refractivity contribution in [3.63, 3.8) is 0 Å². The maximum Gasteiger partial charge on any atom is 0.335 e. The summed E-state index contributed by atoms with van der Waals surface area (Å²) in [5.41, 5.74) is 4.73. The van der Waals surface area contributed by atoms with Gasteiger partial charge in [0, 0.05) is 12.1 Å². The highest BCUT2D eigenvalue weighted by Crippen LogP contribution is 2.23. The fourth-order valence-corrected chi connectivity index (χ4v) is 5.37. The van der Waals surface area contributed by atoms with Gasteiger partial charge in [0.15, 0.2) is 0 Å². The molecule has 0 radical (unpaired) electrons. The molecule has 0 aliphatic rings. The largest absolute Gasteiger partial charge is 0.493 e. The average Bonchev–Trinajstić information content (AvgIpc) is 3.05. The van der Waals surface area contributed by atoms with Crippen molar-refractivity contribution in [3.05, 3.63) is 143 Å². The van der Waals surface area contributed by atoms with Gasteiger partial charge in [-0.2, -0.15) is 0 Å². The molecule has 0 heterocycles. The van der Waals surface area contributed by atoms with Gasteiger partial charge in [0.2, 0.25) is 0 Å². The second-order valence-corrected chi connectivity index (χ2v) is 11.4. The predicted molar refractivity (Wildman–Crippen MR) is 180 cm³/mol. The van der Waals surface area contributed by atoms with Crippen molar-refractivity contribution in [1.29, 1.82) is 0 Å². The molecular formula is C39H43NO5. The van der Waals surface area contributed by atoms with E-state index in [2.05, 4.69) is 36.4 Å². The molecule has 0 bridgehead atoms. The number of hydrogen-bond donors (Lipinski definition) is 2. The molecule has 45 heavy (non-hydrogen) atoms. The quantitative estimate of drug-likeness (QED) is 0.105. The number of rotatable bonds is 19. The predicted octanol–water partition coefficient (Wildman–Crippen LogP) is 8.03. The summed E-state index contributed by atoms with van der Waals surface area (Å²) in [4.78, 5) is 25.0. The topological polar surface area (TPSA) is 87.1 Å². The minimum atomic E-state index is -0.948. The number of nitrogens with zero attached hydrogens (tertiary/aromatic N) is 1. The molecule has 6 heteroatoms. The molecule has 4 aromatic rings. The van der Waals surface area contributed by atoms with E-state index in [9.17, 15) is 19.8 Å². The van der Waals surface area contributed by atoms with Gasteiger partial charge < -0.3 is 14.9 Å². The Bertz CT molecular complexity index is 1490. The maximum absolute atomic E-state index is 11.7. The van der Waals surface area contributed by atoms with E-state index >= 15 is 0 Å². The molecule has 4 rings (SSSR count). The third-order valence-corrected chi connectivity index (χ3v) is 7.80. The SMILES string of the molecule is O=C(O)CN(CCC(/C=C/c1ccccc1OCCCCCc1ccccc1)Cc1ccc(C(=O)O)cc1)Cc1ccccc1. The van der Waals surface area contributed by atoms with Crippen LogP contribution < -0.4 is 4.74 Å². The summed E-state index contributed by atoms with van der Waals surface area (Å²) in [6.07, 6.45) is 10.0. The number of ether oxygens (including phenoxy) is 1. The van der Waals surface area contributed by atoms with Crippen LogP contribution in [0, 0.1) is 5.92 Å². The lowest BCUT2D eigenvalue weighted by molar-refractivity contribution is -0.138. The third kappa shape index (κ3) is 12.1. The number of aromatic carboxylic acids is 1. The highest BCUT2D eigenvalue weighted by molar-refractivity contribution is 5.87.